The summed E-state index contributed by atoms with van der Waals surface area (Å²) in [6, 6.07) is 12.0. The van der Waals surface area contributed by atoms with Gasteiger partial charge < -0.3 is 10.6 Å². The lowest BCUT2D eigenvalue weighted by Crippen LogP contribution is -2.24. The van der Waals surface area contributed by atoms with Crippen LogP contribution in [0.5, 0.6) is 0 Å². The zero-order valence-corrected chi connectivity index (χ0v) is 14.2. The Morgan fingerprint density at radius 2 is 1.92 bits per heavy atom. The third-order valence-corrected chi connectivity index (χ3v) is 4.67. The summed E-state index contributed by atoms with van der Waals surface area (Å²) in [6.45, 7) is 2.14. The second-order valence-corrected chi connectivity index (χ2v) is 6.39. The van der Waals surface area contributed by atoms with Gasteiger partial charge in [-0.05, 0) is 43.0 Å². The van der Waals surface area contributed by atoms with Crippen molar-refractivity contribution in [2.75, 3.05) is 10.6 Å². The summed E-state index contributed by atoms with van der Waals surface area (Å²) >= 11 is 0. The number of aryl methyl sites for hydroxylation is 1. The van der Waals surface area contributed by atoms with E-state index < -0.39 is 0 Å². The van der Waals surface area contributed by atoms with Gasteiger partial charge in [0.05, 0.1) is 11.9 Å². The average Bonchev–Trinajstić information content (AvgIpc) is 2.64. The van der Waals surface area contributed by atoms with Crippen LogP contribution in [0.4, 0.5) is 17.2 Å². The summed E-state index contributed by atoms with van der Waals surface area (Å²) < 4.78 is 0. The number of nitrogens with one attached hydrogen (secondary N) is 2. The first-order valence-electron chi connectivity index (χ1n) is 8.88. The molecule has 1 aromatic heterocycles. The summed E-state index contributed by atoms with van der Waals surface area (Å²) in [5, 5.41) is 6.34. The van der Waals surface area contributed by atoms with E-state index in [4.69, 9.17) is 0 Å². The van der Waals surface area contributed by atoms with Crippen LogP contribution in [0.15, 0.2) is 42.6 Å². The monoisotopic (exact) mass is 323 g/mol. The molecule has 1 saturated carbocycles. The van der Waals surface area contributed by atoms with Gasteiger partial charge in [-0.25, -0.2) is 4.98 Å². The maximum absolute atomic E-state index is 12.3. The number of benzene rings is 1. The van der Waals surface area contributed by atoms with Crippen LogP contribution in [0.1, 0.15) is 44.6 Å². The number of nitrogens with zero attached hydrogens (tertiary/aromatic N) is 1. The molecule has 1 heterocycles. The maximum Gasteiger partial charge on any atom is 0.227 e. The molecular formula is C20H25N3O. The molecule has 0 atom stereocenters. The van der Waals surface area contributed by atoms with Crippen LogP contribution in [0.2, 0.25) is 0 Å². The zero-order chi connectivity index (χ0) is 16.8. The van der Waals surface area contributed by atoms with E-state index in [2.05, 4.69) is 34.7 Å². The van der Waals surface area contributed by atoms with Crippen LogP contribution >= 0.6 is 0 Å². The Morgan fingerprint density at radius 1 is 1.12 bits per heavy atom. The van der Waals surface area contributed by atoms with Gasteiger partial charge in [-0.1, -0.05) is 44.4 Å². The first-order valence-corrected chi connectivity index (χ1v) is 8.88. The number of anilines is 3. The van der Waals surface area contributed by atoms with Crippen molar-refractivity contribution in [3.8, 4) is 0 Å². The van der Waals surface area contributed by atoms with E-state index in [1.807, 2.05) is 24.3 Å². The summed E-state index contributed by atoms with van der Waals surface area (Å²) in [4.78, 5) is 16.7. The van der Waals surface area contributed by atoms with Crippen LogP contribution in [0.25, 0.3) is 0 Å². The van der Waals surface area contributed by atoms with E-state index in [-0.39, 0.29) is 11.8 Å². The molecule has 1 aliphatic carbocycles. The van der Waals surface area contributed by atoms with Gasteiger partial charge in [-0.3, -0.25) is 4.79 Å². The standard InChI is InChI=1S/C20H25N3O/c1-2-15-8-6-7-11-18(15)23-19-13-12-17(14-21-19)22-20(24)16-9-4-3-5-10-16/h6-8,11-14,16H,2-5,9-10H2,1H3,(H,21,23)(H,22,24). The fourth-order valence-electron chi connectivity index (χ4n) is 3.24. The van der Waals surface area contributed by atoms with Crippen LogP contribution in [-0.2, 0) is 11.2 Å². The minimum Gasteiger partial charge on any atom is -0.340 e. The van der Waals surface area contributed by atoms with Gasteiger partial charge in [-0.2, -0.15) is 0 Å². The molecule has 1 aromatic carbocycles. The molecule has 0 bridgehead atoms. The Labute approximate surface area is 143 Å². The van der Waals surface area contributed by atoms with Gasteiger partial charge in [0.1, 0.15) is 5.82 Å². The number of amides is 1. The lowest BCUT2D eigenvalue weighted by atomic mass is 9.88. The van der Waals surface area contributed by atoms with Crippen LogP contribution < -0.4 is 10.6 Å². The van der Waals surface area contributed by atoms with Gasteiger partial charge in [0.25, 0.3) is 0 Å². The first kappa shape index (κ1) is 16.5. The highest BCUT2D eigenvalue weighted by Gasteiger charge is 2.21. The molecule has 4 heteroatoms. The highest BCUT2D eigenvalue weighted by atomic mass is 16.1. The molecule has 3 rings (SSSR count). The second kappa shape index (κ2) is 7.95. The lowest BCUT2D eigenvalue weighted by Gasteiger charge is -2.20. The zero-order valence-electron chi connectivity index (χ0n) is 14.2. The van der Waals surface area contributed by atoms with Crippen LogP contribution in [-0.4, -0.2) is 10.9 Å². The van der Waals surface area contributed by atoms with E-state index in [0.29, 0.717) is 0 Å². The van der Waals surface area contributed by atoms with Crippen molar-refractivity contribution in [3.63, 3.8) is 0 Å². The summed E-state index contributed by atoms with van der Waals surface area (Å²) in [5.41, 5.74) is 3.10. The molecule has 0 saturated heterocycles. The number of hydrogen-bond donors (Lipinski definition) is 2. The molecule has 1 fully saturated rings. The lowest BCUT2D eigenvalue weighted by molar-refractivity contribution is -0.120. The van der Waals surface area contributed by atoms with Crippen molar-refractivity contribution in [2.45, 2.75) is 45.4 Å². The van der Waals surface area contributed by atoms with Gasteiger partial charge >= 0.3 is 0 Å². The Balaban J connectivity index is 1.61. The second-order valence-electron chi connectivity index (χ2n) is 6.39. The normalized spacial score (nSPS) is 15.0. The molecular weight excluding hydrogens is 298 g/mol. The van der Waals surface area contributed by atoms with E-state index in [9.17, 15) is 4.79 Å². The van der Waals surface area contributed by atoms with Gasteiger partial charge in [0.15, 0.2) is 0 Å². The van der Waals surface area contributed by atoms with E-state index >= 15 is 0 Å². The number of pyridine rings is 1. The largest absolute Gasteiger partial charge is 0.340 e. The molecule has 2 aromatic rings. The van der Waals surface area contributed by atoms with Crippen molar-refractivity contribution in [3.05, 3.63) is 48.2 Å². The fourth-order valence-corrected chi connectivity index (χ4v) is 3.24. The molecule has 0 radical (unpaired) electrons. The average molecular weight is 323 g/mol. The number of aromatic nitrogens is 1. The number of hydrogen-bond acceptors (Lipinski definition) is 3. The maximum atomic E-state index is 12.3. The van der Waals surface area contributed by atoms with Crippen LogP contribution in [0.3, 0.4) is 0 Å². The minimum absolute atomic E-state index is 0.133. The summed E-state index contributed by atoms with van der Waals surface area (Å²) in [6.07, 6.45) is 8.28. The number of para-hydroxylation sites is 1. The summed E-state index contributed by atoms with van der Waals surface area (Å²) in [5.74, 6) is 1.08. The molecule has 0 aliphatic heterocycles. The molecule has 1 amide bonds. The highest BCUT2D eigenvalue weighted by molar-refractivity contribution is 5.92. The Bertz CT molecular complexity index is 676. The third kappa shape index (κ3) is 4.13. The molecule has 0 unspecified atom stereocenters. The Kier molecular flexibility index (Phi) is 5.47. The van der Waals surface area contributed by atoms with Crippen molar-refractivity contribution in [1.29, 1.82) is 0 Å². The SMILES string of the molecule is CCc1ccccc1Nc1ccc(NC(=O)C2CCCCC2)cn1. The Morgan fingerprint density at radius 3 is 2.62 bits per heavy atom. The van der Waals surface area contributed by atoms with Gasteiger partial charge in [-0.15, -0.1) is 0 Å². The van der Waals surface area contributed by atoms with Crippen molar-refractivity contribution in [1.82, 2.24) is 4.98 Å². The molecule has 1 aliphatic rings. The first-order chi connectivity index (χ1) is 11.8. The van der Waals surface area contributed by atoms with Crippen LogP contribution in [0, 0.1) is 5.92 Å². The molecule has 126 valence electrons. The van der Waals surface area contributed by atoms with E-state index in [0.717, 1.165) is 49.3 Å². The third-order valence-electron chi connectivity index (χ3n) is 4.67. The predicted octanol–water partition coefficient (Wildman–Crippen LogP) is 4.91. The van der Waals surface area contributed by atoms with Crippen molar-refractivity contribution >= 4 is 23.1 Å². The highest BCUT2D eigenvalue weighted by Crippen LogP contribution is 2.25. The predicted molar refractivity (Wildman–Crippen MR) is 98.5 cm³/mol. The molecule has 24 heavy (non-hydrogen) atoms. The molecule has 0 spiro atoms. The smallest absolute Gasteiger partial charge is 0.227 e. The minimum atomic E-state index is 0.133. The van der Waals surface area contributed by atoms with E-state index in [1.165, 1.54) is 12.0 Å². The Hall–Kier alpha value is -2.36. The fraction of sp³-hybridized carbons (Fsp3) is 0.400. The van der Waals surface area contributed by atoms with Crippen molar-refractivity contribution in [2.24, 2.45) is 5.92 Å². The quantitative estimate of drug-likeness (QED) is 0.822. The van der Waals surface area contributed by atoms with Gasteiger partial charge in [0.2, 0.25) is 5.91 Å². The van der Waals surface area contributed by atoms with E-state index in [1.54, 1.807) is 6.20 Å². The number of carbonyl (C=O) groups is 1. The molecule has 4 nitrogen and oxygen atoms in total. The number of rotatable bonds is 5. The molecule has 2 N–H and O–H groups in total. The number of carbonyl (C=O) groups excluding carboxylic acids is 1. The van der Waals surface area contributed by atoms with Crippen molar-refractivity contribution < 1.29 is 4.79 Å². The summed E-state index contributed by atoms with van der Waals surface area (Å²) in [7, 11) is 0. The van der Waals surface area contributed by atoms with Gasteiger partial charge in [0, 0.05) is 11.6 Å². The topological polar surface area (TPSA) is 54.0 Å².